The van der Waals surface area contributed by atoms with Crippen molar-refractivity contribution in [3.8, 4) is 0 Å². The van der Waals surface area contributed by atoms with E-state index in [1.807, 2.05) is 0 Å². The summed E-state index contributed by atoms with van der Waals surface area (Å²) in [6.45, 7) is 1.34. The second-order valence-electron chi connectivity index (χ2n) is 3.00. The normalized spacial score (nSPS) is 9.73. The van der Waals surface area contributed by atoms with E-state index in [2.05, 4.69) is 21.2 Å². The van der Waals surface area contributed by atoms with Gasteiger partial charge in [0.25, 0.3) is 0 Å². The van der Waals surface area contributed by atoms with Crippen molar-refractivity contribution in [3.63, 3.8) is 0 Å². The summed E-state index contributed by atoms with van der Waals surface area (Å²) < 4.78 is 0. The lowest BCUT2D eigenvalue weighted by atomic mass is 10.1. The van der Waals surface area contributed by atoms with E-state index < -0.39 is 5.97 Å². The van der Waals surface area contributed by atoms with Crippen LogP contribution in [0.2, 0.25) is 0 Å². The molecule has 15 heavy (non-hydrogen) atoms. The number of nitrogens with one attached hydrogen (secondary N) is 1. The molecule has 0 radical (unpaired) electrons. The quantitative estimate of drug-likeness (QED) is 0.829. The minimum atomic E-state index is -1.05. The first kappa shape index (κ1) is 11.7. The van der Waals surface area contributed by atoms with Gasteiger partial charge in [0, 0.05) is 12.3 Å². The fraction of sp³-hybridized carbons (Fsp3) is 0.200. The molecular formula is C10H10BrNO3. The monoisotopic (exact) mass is 271 g/mol. The second-order valence-corrected chi connectivity index (χ2v) is 3.56. The number of halogens is 1. The zero-order chi connectivity index (χ0) is 11.4. The highest BCUT2D eigenvalue weighted by Crippen LogP contribution is 2.19. The first-order chi connectivity index (χ1) is 7.04. The molecule has 1 amide bonds. The summed E-state index contributed by atoms with van der Waals surface area (Å²) in [4.78, 5) is 21.7. The molecule has 4 nitrogen and oxygen atoms in total. The largest absolute Gasteiger partial charge is 0.478 e. The summed E-state index contributed by atoms with van der Waals surface area (Å²) in [5.74, 6) is -1.34. The zero-order valence-corrected chi connectivity index (χ0v) is 9.67. The summed E-state index contributed by atoms with van der Waals surface area (Å²) in [6.07, 6.45) is 0. The number of carbonyl (C=O) groups is 2. The summed E-state index contributed by atoms with van der Waals surface area (Å²) in [6, 6.07) is 4.87. The van der Waals surface area contributed by atoms with Gasteiger partial charge in [-0.05, 0) is 17.7 Å². The summed E-state index contributed by atoms with van der Waals surface area (Å²) in [5, 5.41) is 12.0. The fourth-order valence-corrected chi connectivity index (χ4v) is 1.50. The number of benzene rings is 1. The molecule has 0 saturated heterocycles. The average molecular weight is 272 g/mol. The van der Waals surface area contributed by atoms with Gasteiger partial charge in [0.05, 0.1) is 11.3 Å². The number of hydrogen-bond donors (Lipinski definition) is 2. The van der Waals surface area contributed by atoms with E-state index in [9.17, 15) is 9.59 Å². The van der Waals surface area contributed by atoms with Crippen LogP contribution in [-0.4, -0.2) is 17.0 Å². The van der Waals surface area contributed by atoms with E-state index in [0.717, 1.165) is 5.56 Å². The van der Waals surface area contributed by atoms with Crippen molar-refractivity contribution in [2.75, 3.05) is 5.32 Å². The van der Waals surface area contributed by atoms with E-state index in [-0.39, 0.29) is 11.5 Å². The van der Waals surface area contributed by atoms with Crippen LogP contribution >= 0.6 is 15.9 Å². The molecule has 1 aromatic carbocycles. The van der Waals surface area contributed by atoms with Crippen LogP contribution in [0.25, 0.3) is 0 Å². The number of hydrogen-bond acceptors (Lipinski definition) is 2. The maximum atomic E-state index is 10.9. The Morgan fingerprint density at radius 2 is 2.13 bits per heavy atom. The van der Waals surface area contributed by atoms with Crippen molar-refractivity contribution in [1.82, 2.24) is 0 Å². The Bertz CT molecular complexity index is 404. The lowest BCUT2D eigenvalue weighted by molar-refractivity contribution is -0.114. The molecule has 0 spiro atoms. The maximum absolute atomic E-state index is 10.9. The average Bonchev–Trinajstić information content (AvgIpc) is 2.17. The third kappa shape index (κ3) is 3.06. The number of carboxylic acid groups (broad SMARTS) is 1. The number of rotatable bonds is 3. The zero-order valence-electron chi connectivity index (χ0n) is 8.08. The molecule has 0 bridgehead atoms. The van der Waals surface area contributed by atoms with Crippen LogP contribution in [-0.2, 0) is 10.1 Å². The molecule has 80 valence electrons. The molecule has 1 aromatic rings. The highest BCUT2D eigenvalue weighted by atomic mass is 79.9. The molecule has 0 heterocycles. The predicted molar refractivity (Wildman–Crippen MR) is 60.3 cm³/mol. The molecule has 0 saturated carbocycles. The van der Waals surface area contributed by atoms with Crippen molar-refractivity contribution in [1.29, 1.82) is 0 Å². The van der Waals surface area contributed by atoms with Gasteiger partial charge in [-0.1, -0.05) is 22.0 Å². The fourth-order valence-electron chi connectivity index (χ4n) is 1.15. The number of carboxylic acids is 1. The molecule has 0 unspecified atom stereocenters. The molecule has 0 aliphatic carbocycles. The Labute approximate surface area is 95.4 Å². The smallest absolute Gasteiger partial charge is 0.337 e. The van der Waals surface area contributed by atoms with Crippen LogP contribution in [0.15, 0.2) is 18.2 Å². The SMILES string of the molecule is CC(=O)Nc1ccc(CBr)cc1C(=O)O. The summed E-state index contributed by atoms with van der Waals surface area (Å²) in [5.41, 5.74) is 1.27. The van der Waals surface area contributed by atoms with E-state index in [4.69, 9.17) is 5.11 Å². The molecule has 0 aromatic heterocycles. The molecule has 0 fully saturated rings. The third-order valence-corrected chi connectivity index (χ3v) is 2.43. The van der Waals surface area contributed by atoms with Crippen molar-refractivity contribution in [2.45, 2.75) is 12.3 Å². The first-order valence-corrected chi connectivity index (χ1v) is 5.36. The van der Waals surface area contributed by atoms with Gasteiger partial charge < -0.3 is 10.4 Å². The minimum absolute atomic E-state index is 0.0992. The first-order valence-electron chi connectivity index (χ1n) is 4.24. The van der Waals surface area contributed by atoms with Crippen LogP contribution in [0.5, 0.6) is 0 Å². The molecule has 0 atom stereocenters. The highest BCUT2D eigenvalue weighted by molar-refractivity contribution is 9.08. The molecule has 5 heteroatoms. The van der Waals surface area contributed by atoms with Crippen molar-refractivity contribution < 1.29 is 14.7 Å². The van der Waals surface area contributed by atoms with Crippen LogP contribution in [0.4, 0.5) is 5.69 Å². The Balaban J connectivity index is 3.15. The molecule has 0 aliphatic rings. The second kappa shape index (κ2) is 4.93. The van der Waals surface area contributed by atoms with Crippen LogP contribution in [0, 0.1) is 0 Å². The van der Waals surface area contributed by atoms with E-state index >= 15 is 0 Å². The third-order valence-electron chi connectivity index (χ3n) is 1.78. The Kier molecular flexibility index (Phi) is 3.85. The van der Waals surface area contributed by atoms with Gasteiger partial charge in [0.15, 0.2) is 0 Å². The lowest BCUT2D eigenvalue weighted by Crippen LogP contribution is -2.11. The highest BCUT2D eigenvalue weighted by Gasteiger charge is 2.11. The molecule has 0 aliphatic heterocycles. The maximum Gasteiger partial charge on any atom is 0.337 e. The van der Waals surface area contributed by atoms with E-state index in [1.165, 1.54) is 13.0 Å². The van der Waals surface area contributed by atoms with Gasteiger partial charge in [-0.15, -0.1) is 0 Å². The molecule has 2 N–H and O–H groups in total. The Morgan fingerprint density at radius 1 is 1.47 bits per heavy atom. The van der Waals surface area contributed by atoms with E-state index in [1.54, 1.807) is 12.1 Å². The molecular weight excluding hydrogens is 262 g/mol. The van der Waals surface area contributed by atoms with Gasteiger partial charge in [-0.25, -0.2) is 4.79 Å². The van der Waals surface area contributed by atoms with Gasteiger partial charge in [0.1, 0.15) is 0 Å². The van der Waals surface area contributed by atoms with Gasteiger partial charge in [-0.2, -0.15) is 0 Å². The van der Waals surface area contributed by atoms with Crippen molar-refractivity contribution in [3.05, 3.63) is 29.3 Å². The van der Waals surface area contributed by atoms with Gasteiger partial charge >= 0.3 is 5.97 Å². The minimum Gasteiger partial charge on any atom is -0.478 e. The summed E-state index contributed by atoms with van der Waals surface area (Å²) in [7, 11) is 0. The van der Waals surface area contributed by atoms with Crippen LogP contribution in [0.1, 0.15) is 22.8 Å². The van der Waals surface area contributed by atoms with Crippen LogP contribution in [0.3, 0.4) is 0 Å². The van der Waals surface area contributed by atoms with Gasteiger partial charge in [-0.3, -0.25) is 4.79 Å². The summed E-state index contributed by atoms with van der Waals surface area (Å²) >= 11 is 3.24. The Hall–Kier alpha value is -1.36. The van der Waals surface area contributed by atoms with Crippen LogP contribution < -0.4 is 5.32 Å². The number of aromatic carboxylic acids is 1. The van der Waals surface area contributed by atoms with Crippen molar-refractivity contribution >= 4 is 33.5 Å². The lowest BCUT2D eigenvalue weighted by Gasteiger charge is -2.07. The molecule has 1 rings (SSSR count). The van der Waals surface area contributed by atoms with Gasteiger partial charge in [0.2, 0.25) is 5.91 Å². The Morgan fingerprint density at radius 3 is 2.60 bits per heavy atom. The predicted octanol–water partition coefficient (Wildman–Crippen LogP) is 2.24. The number of amides is 1. The van der Waals surface area contributed by atoms with Crippen molar-refractivity contribution in [2.24, 2.45) is 0 Å². The standard InChI is InChI=1S/C10H10BrNO3/c1-6(13)12-9-3-2-7(5-11)4-8(9)10(14)15/h2-4H,5H2,1H3,(H,12,13)(H,14,15). The number of carbonyl (C=O) groups excluding carboxylic acids is 1. The van der Waals surface area contributed by atoms with E-state index in [0.29, 0.717) is 11.0 Å². The number of alkyl halides is 1. The topological polar surface area (TPSA) is 66.4 Å². The number of anilines is 1.